The summed E-state index contributed by atoms with van der Waals surface area (Å²) in [6, 6.07) is 5.36. The summed E-state index contributed by atoms with van der Waals surface area (Å²) in [4.78, 5) is 3.91. The van der Waals surface area contributed by atoms with Crippen LogP contribution in [0.5, 0.6) is 0 Å². The van der Waals surface area contributed by atoms with Crippen molar-refractivity contribution >= 4 is 35.1 Å². The van der Waals surface area contributed by atoms with Gasteiger partial charge in [-0.25, -0.2) is 4.99 Å². The van der Waals surface area contributed by atoms with Gasteiger partial charge in [0.15, 0.2) is 0 Å². The molecular weight excluding hydrogens is 219 g/mol. The fourth-order valence-corrected chi connectivity index (χ4v) is 1.16. The molecule has 4 heteroatoms. The Morgan fingerprint density at radius 3 is 2.64 bits per heavy atom. The minimum absolute atomic E-state index is 0.515. The molecule has 0 saturated heterocycles. The Labute approximate surface area is 93.0 Å². The number of halogens is 2. The first kappa shape index (κ1) is 11.1. The van der Waals surface area contributed by atoms with Gasteiger partial charge in [-0.2, -0.15) is 0 Å². The molecule has 1 rings (SSSR count). The number of nitrogens with zero attached hydrogens (tertiary/aromatic N) is 1. The van der Waals surface area contributed by atoms with E-state index >= 15 is 0 Å². The van der Waals surface area contributed by atoms with Crippen molar-refractivity contribution in [2.24, 2.45) is 10.7 Å². The highest BCUT2D eigenvalue weighted by molar-refractivity contribution is 6.42. The van der Waals surface area contributed by atoms with Crippen LogP contribution in [0.25, 0.3) is 6.08 Å². The van der Waals surface area contributed by atoms with E-state index in [1.807, 2.05) is 6.07 Å². The van der Waals surface area contributed by atoms with Crippen LogP contribution >= 0.6 is 23.2 Å². The summed E-state index contributed by atoms with van der Waals surface area (Å²) in [5.41, 5.74) is 6.30. The number of hydrogen-bond donors (Lipinski definition) is 1. The Hall–Kier alpha value is -0.990. The first-order valence-corrected chi connectivity index (χ1v) is 4.76. The number of nitrogens with two attached hydrogens (primary N) is 1. The van der Waals surface area contributed by atoms with Crippen molar-refractivity contribution < 1.29 is 0 Å². The highest BCUT2D eigenvalue weighted by Crippen LogP contribution is 2.22. The van der Waals surface area contributed by atoms with Gasteiger partial charge in [0.2, 0.25) is 0 Å². The maximum absolute atomic E-state index is 5.83. The summed E-state index contributed by atoms with van der Waals surface area (Å²) in [5, 5.41) is 1.07. The second-order valence-electron chi connectivity index (χ2n) is 2.76. The number of amidine groups is 1. The van der Waals surface area contributed by atoms with Gasteiger partial charge in [0.05, 0.1) is 15.9 Å². The van der Waals surface area contributed by atoms with E-state index < -0.39 is 0 Å². The predicted molar refractivity (Wildman–Crippen MR) is 62.8 cm³/mol. The zero-order valence-electron chi connectivity index (χ0n) is 7.67. The van der Waals surface area contributed by atoms with Crippen LogP contribution in [0.1, 0.15) is 12.5 Å². The Morgan fingerprint density at radius 2 is 2.07 bits per heavy atom. The zero-order chi connectivity index (χ0) is 10.6. The van der Waals surface area contributed by atoms with Crippen molar-refractivity contribution in [3.05, 3.63) is 40.0 Å². The van der Waals surface area contributed by atoms with Crippen molar-refractivity contribution in [2.75, 3.05) is 0 Å². The largest absolute Gasteiger partial charge is 0.387 e. The molecule has 14 heavy (non-hydrogen) atoms. The third-order valence-corrected chi connectivity index (χ3v) is 2.23. The lowest BCUT2D eigenvalue weighted by atomic mass is 10.2. The number of hydrogen-bond acceptors (Lipinski definition) is 1. The Bertz CT molecular complexity index is 380. The van der Waals surface area contributed by atoms with Gasteiger partial charge in [-0.1, -0.05) is 29.3 Å². The van der Waals surface area contributed by atoms with Gasteiger partial charge in [-0.15, -0.1) is 0 Å². The van der Waals surface area contributed by atoms with Gasteiger partial charge in [0, 0.05) is 6.20 Å². The van der Waals surface area contributed by atoms with Crippen molar-refractivity contribution in [1.29, 1.82) is 0 Å². The fourth-order valence-electron chi connectivity index (χ4n) is 0.857. The van der Waals surface area contributed by atoms with E-state index in [1.165, 1.54) is 0 Å². The standard InChI is InChI=1S/C10H10Cl2N2/c1-7(13)14-5-4-8-2-3-9(11)10(12)6-8/h2-6H,1H3,(H2,13,14). The molecule has 0 unspecified atom stereocenters. The SMILES string of the molecule is CC(N)=NC=Cc1ccc(Cl)c(Cl)c1. The highest BCUT2D eigenvalue weighted by atomic mass is 35.5. The van der Waals surface area contributed by atoms with Crippen molar-refractivity contribution in [2.45, 2.75) is 6.92 Å². The molecule has 1 aromatic rings. The van der Waals surface area contributed by atoms with Crippen LogP contribution in [-0.2, 0) is 0 Å². The average molecular weight is 229 g/mol. The Kier molecular flexibility index (Phi) is 3.98. The molecule has 0 atom stereocenters. The average Bonchev–Trinajstić information content (AvgIpc) is 2.10. The number of aliphatic imine (C=N–C) groups is 1. The van der Waals surface area contributed by atoms with E-state index in [2.05, 4.69) is 4.99 Å². The molecule has 2 nitrogen and oxygen atoms in total. The van der Waals surface area contributed by atoms with Gasteiger partial charge in [0.1, 0.15) is 0 Å². The lowest BCUT2D eigenvalue weighted by molar-refractivity contribution is 1.48. The Balaban J connectivity index is 2.83. The molecule has 0 bridgehead atoms. The van der Waals surface area contributed by atoms with Crippen molar-refractivity contribution in [3.63, 3.8) is 0 Å². The van der Waals surface area contributed by atoms with Crippen LogP contribution in [0, 0.1) is 0 Å². The monoisotopic (exact) mass is 228 g/mol. The molecule has 1 aromatic carbocycles. The molecule has 0 radical (unpaired) electrons. The van der Waals surface area contributed by atoms with E-state index in [0.29, 0.717) is 15.9 Å². The molecular formula is C10H10Cl2N2. The summed E-state index contributed by atoms with van der Waals surface area (Å²) in [5.74, 6) is 0.515. The topological polar surface area (TPSA) is 38.4 Å². The Morgan fingerprint density at radius 1 is 1.36 bits per heavy atom. The van der Waals surface area contributed by atoms with Gasteiger partial charge in [-0.3, -0.25) is 0 Å². The quantitative estimate of drug-likeness (QED) is 0.612. The predicted octanol–water partition coefficient (Wildman–Crippen LogP) is 3.34. The second kappa shape index (κ2) is 5.03. The highest BCUT2D eigenvalue weighted by Gasteiger charge is 1.95. The first-order valence-electron chi connectivity index (χ1n) is 4.01. The minimum Gasteiger partial charge on any atom is -0.387 e. The summed E-state index contributed by atoms with van der Waals surface area (Å²) < 4.78 is 0. The molecule has 74 valence electrons. The van der Waals surface area contributed by atoms with E-state index in [4.69, 9.17) is 28.9 Å². The molecule has 0 amide bonds. The molecule has 0 fully saturated rings. The maximum atomic E-state index is 5.83. The summed E-state index contributed by atoms with van der Waals surface area (Å²) in [6.45, 7) is 1.72. The van der Waals surface area contributed by atoms with Crippen molar-refractivity contribution in [3.8, 4) is 0 Å². The molecule has 0 aliphatic carbocycles. The minimum atomic E-state index is 0.515. The number of benzene rings is 1. The second-order valence-corrected chi connectivity index (χ2v) is 3.57. The molecule has 0 saturated carbocycles. The maximum Gasteiger partial charge on any atom is 0.0957 e. The molecule has 0 aromatic heterocycles. The first-order chi connectivity index (χ1) is 6.59. The lowest BCUT2D eigenvalue weighted by Crippen LogP contribution is -2.03. The van der Waals surface area contributed by atoms with Gasteiger partial charge >= 0.3 is 0 Å². The van der Waals surface area contributed by atoms with E-state index in [-0.39, 0.29) is 0 Å². The van der Waals surface area contributed by atoms with Crippen LogP contribution in [0.4, 0.5) is 0 Å². The smallest absolute Gasteiger partial charge is 0.0957 e. The lowest BCUT2D eigenvalue weighted by Gasteiger charge is -1.96. The van der Waals surface area contributed by atoms with E-state index in [0.717, 1.165) is 5.56 Å². The summed E-state index contributed by atoms with van der Waals surface area (Å²) >= 11 is 11.6. The summed E-state index contributed by atoms with van der Waals surface area (Å²) in [7, 11) is 0. The van der Waals surface area contributed by atoms with Crippen LogP contribution in [-0.4, -0.2) is 5.84 Å². The number of rotatable bonds is 2. The van der Waals surface area contributed by atoms with Crippen LogP contribution in [0.2, 0.25) is 10.0 Å². The van der Waals surface area contributed by atoms with E-state index in [1.54, 1.807) is 31.3 Å². The van der Waals surface area contributed by atoms with E-state index in [9.17, 15) is 0 Å². The van der Waals surface area contributed by atoms with Crippen LogP contribution in [0.15, 0.2) is 29.4 Å². The van der Waals surface area contributed by atoms with Gasteiger partial charge < -0.3 is 5.73 Å². The third kappa shape index (κ3) is 3.40. The molecule has 0 heterocycles. The van der Waals surface area contributed by atoms with Crippen LogP contribution in [0.3, 0.4) is 0 Å². The fraction of sp³-hybridized carbons (Fsp3) is 0.100. The summed E-state index contributed by atoms with van der Waals surface area (Å²) in [6.07, 6.45) is 3.42. The third-order valence-electron chi connectivity index (χ3n) is 1.49. The molecule has 2 N–H and O–H groups in total. The van der Waals surface area contributed by atoms with Crippen molar-refractivity contribution in [1.82, 2.24) is 0 Å². The normalized spacial score (nSPS) is 12.4. The molecule has 0 aliphatic rings. The molecule has 0 spiro atoms. The van der Waals surface area contributed by atoms with Crippen LogP contribution < -0.4 is 5.73 Å². The zero-order valence-corrected chi connectivity index (χ0v) is 9.18. The molecule has 0 aliphatic heterocycles. The van der Waals surface area contributed by atoms with Gasteiger partial charge in [0.25, 0.3) is 0 Å². The van der Waals surface area contributed by atoms with Gasteiger partial charge in [-0.05, 0) is 30.7 Å².